The second kappa shape index (κ2) is 15.6. The van der Waals surface area contributed by atoms with E-state index in [1.54, 1.807) is 0 Å². The highest BCUT2D eigenvalue weighted by molar-refractivity contribution is 7.91. The van der Waals surface area contributed by atoms with E-state index in [0.29, 0.717) is 12.1 Å². The maximum atomic E-state index is 12.5. The number of azo groups is 1. The number of nitrogens with two attached hydrogens (primary N) is 1. The molecule has 5 aromatic rings. The highest BCUT2D eigenvalue weighted by Crippen LogP contribution is 2.43. The third-order valence-electron chi connectivity index (χ3n) is 7.15. The third kappa shape index (κ3) is 10.6. The average molecular weight is 911 g/mol. The van der Waals surface area contributed by atoms with Crippen LogP contribution >= 0.6 is 11.6 Å². The summed E-state index contributed by atoms with van der Waals surface area (Å²) in [6, 6.07) is 9.77. The molecule has 0 saturated heterocycles. The van der Waals surface area contributed by atoms with Crippen LogP contribution in [-0.2, 0) is 54.8 Å². The first kappa shape index (κ1) is 42.9. The second-order valence-corrected chi connectivity index (χ2v) is 18.8. The van der Waals surface area contributed by atoms with Gasteiger partial charge in [-0.1, -0.05) is 0 Å². The summed E-state index contributed by atoms with van der Waals surface area (Å²) >= 11 is 6.05. The van der Waals surface area contributed by atoms with E-state index in [-0.39, 0.29) is 33.5 Å². The van der Waals surface area contributed by atoms with E-state index in [9.17, 15) is 60.9 Å². The Kier molecular flexibility index (Phi) is 11.8. The number of phenols is 1. The number of halogens is 1. The van der Waals surface area contributed by atoms with Gasteiger partial charge in [0.05, 0.1) is 27.8 Å². The molecule has 0 spiro atoms. The molecule has 30 heteroatoms. The monoisotopic (exact) mass is 910 g/mol. The van der Waals surface area contributed by atoms with Crippen LogP contribution in [0, 0.1) is 0 Å². The summed E-state index contributed by atoms with van der Waals surface area (Å²) in [5.74, 6) is -2.15. The molecule has 1 aromatic heterocycles. The van der Waals surface area contributed by atoms with Crippen LogP contribution in [-0.4, -0.2) is 92.7 Å². The minimum Gasteiger partial charge on any atom is -0.507 e. The molecule has 0 fully saturated rings. The van der Waals surface area contributed by atoms with Gasteiger partial charge in [-0.05, 0) is 71.6 Å². The van der Waals surface area contributed by atoms with Crippen LogP contribution in [0.25, 0.3) is 10.8 Å². The fraction of sp³-hybridized carbons (Fsp3) is 0.0741. The van der Waals surface area contributed by atoms with Crippen LogP contribution in [0.3, 0.4) is 0 Å². The minimum atomic E-state index is -5.25. The number of benzene rings is 4. The Bertz CT molecular complexity index is 3040. The number of nitrogen functional groups attached to an aromatic ring is 1. The SMILES string of the molecule is Nc1c(N=Nc2cc(Nc3nc(Cl)nc(Nc4ccc(S(=O)(=O)CCOS(=O)(=O)O)cc4)n3)ccc2S(=O)(=O)O)c(S(=O)(=O)O)cc2cc(S(=O)(=O)O)cc(O)c12. The molecule has 304 valence electrons. The molecule has 24 nitrogen and oxygen atoms in total. The molecule has 4 aromatic carbocycles. The van der Waals surface area contributed by atoms with E-state index in [1.807, 2.05) is 0 Å². The lowest BCUT2D eigenvalue weighted by Crippen LogP contribution is -2.15. The first-order valence-corrected chi connectivity index (χ1v) is 22.4. The second-order valence-electron chi connectivity index (χ2n) is 11.1. The third-order valence-corrected chi connectivity index (χ3v) is 12.1. The summed E-state index contributed by atoms with van der Waals surface area (Å²) in [7, 11) is -24.1. The minimum absolute atomic E-state index is 0.0611. The Labute approximate surface area is 326 Å². The molecule has 5 rings (SSSR count). The van der Waals surface area contributed by atoms with Gasteiger partial charge in [-0.25, -0.2) is 12.6 Å². The number of aromatic nitrogens is 3. The summed E-state index contributed by atoms with van der Waals surface area (Å²) in [6.45, 7) is -0.840. The Balaban J connectivity index is 1.47. The van der Waals surface area contributed by atoms with Crippen molar-refractivity contribution in [3.05, 3.63) is 65.9 Å². The van der Waals surface area contributed by atoms with Crippen LogP contribution in [0.2, 0.25) is 5.28 Å². The van der Waals surface area contributed by atoms with E-state index in [0.717, 1.165) is 36.4 Å². The van der Waals surface area contributed by atoms with Crippen molar-refractivity contribution < 1.29 is 69.6 Å². The number of hydrogen-bond donors (Lipinski definition) is 8. The molecule has 0 amide bonds. The molecule has 0 radical (unpaired) electrons. The van der Waals surface area contributed by atoms with E-state index in [2.05, 4.69) is 40.0 Å². The highest BCUT2D eigenvalue weighted by atomic mass is 35.5. The van der Waals surface area contributed by atoms with Crippen molar-refractivity contribution in [2.24, 2.45) is 10.2 Å². The first-order chi connectivity index (χ1) is 26.2. The fourth-order valence-corrected chi connectivity index (χ4v) is 8.23. The lowest BCUT2D eigenvalue weighted by Gasteiger charge is -2.12. The number of aromatic hydroxyl groups is 1. The van der Waals surface area contributed by atoms with Crippen molar-refractivity contribution >= 4 is 113 Å². The maximum Gasteiger partial charge on any atom is 0.397 e. The average Bonchev–Trinajstić information content (AvgIpc) is 3.05. The van der Waals surface area contributed by atoms with Crippen LogP contribution in [0.1, 0.15) is 0 Å². The van der Waals surface area contributed by atoms with Crippen molar-refractivity contribution in [2.75, 3.05) is 28.7 Å². The topological polar surface area (TPSA) is 395 Å². The molecule has 0 saturated carbocycles. The number of fused-ring (bicyclic) bond motifs is 1. The van der Waals surface area contributed by atoms with Crippen molar-refractivity contribution in [1.82, 2.24) is 15.0 Å². The molecule has 0 bridgehead atoms. The molecular weight excluding hydrogens is 888 g/mol. The number of hydrogen-bond acceptors (Lipinski definition) is 20. The number of phenolic OH excluding ortho intramolecular Hbond substituents is 1. The maximum absolute atomic E-state index is 12.5. The van der Waals surface area contributed by atoms with Gasteiger partial charge in [0, 0.05) is 22.8 Å². The summed E-state index contributed by atoms with van der Waals surface area (Å²) in [6.07, 6.45) is 0. The van der Waals surface area contributed by atoms with E-state index >= 15 is 0 Å². The summed E-state index contributed by atoms with van der Waals surface area (Å²) < 4.78 is 161. The zero-order valence-corrected chi connectivity index (χ0v) is 32.5. The van der Waals surface area contributed by atoms with Crippen molar-refractivity contribution in [3.8, 4) is 5.75 Å². The number of nitrogens with zero attached hydrogens (tertiary/aromatic N) is 5. The Morgan fingerprint density at radius 2 is 1.26 bits per heavy atom. The van der Waals surface area contributed by atoms with Crippen LogP contribution in [0.15, 0.2) is 90.5 Å². The number of sulfone groups is 1. The van der Waals surface area contributed by atoms with Crippen LogP contribution in [0.5, 0.6) is 5.75 Å². The Hall–Kier alpha value is -5.21. The lowest BCUT2D eigenvalue weighted by atomic mass is 10.1. The Morgan fingerprint density at radius 3 is 1.82 bits per heavy atom. The molecule has 0 unspecified atom stereocenters. The summed E-state index contributed by atoms with van der Waals surface area (Å²) in [5.41, 5.74) is 3.98. The van der Waals surface area contributed by atoms with Gasteiger partial charge in [0.15, 0.2) is 9.84 Å². The van der Waals surface area contributed by atoms with Crippen LogP contribution < -0.4 is 16.4 Å². The van der Waals surface area contributed by atoms with E-state index in [4.69, 9.17) is 21.9 Å². The van der Waals surface area contributed by atoms with Crippen molar-refractivity contribution in [1.29, 1.82) is 0 Å². The van der Waals surface area contributed by atoms with Gasteiger partial charge < -0.3 is 21.5 Å². The summed E-state index contributed by atoms with van der Waals surface area (Å²) in [4.78, 5) is 8.85. The van der Waals surface area contributed by atoms with Gasteiger partial charge in [0.2, 0.25) is 17.2 Å². The van der Waals surface area contributed by atoms with E-state index < -0.39 is 111 Å². The van der Waals surface area contributed by atoms with E-state index in [1.165, 1.54) is 12.1 Å². The highest BCUT2D eigenvalue weighted by Gasteiger charge is 2.25. The van der Waals surface area contributed by atoms with Gasteiger partial charge in [0.25, 0.3) is 30.4 Å². The van der Waals surface area contributed by atoms with Crippen molar-refractivity contribution in [2.45, 2.75) is 19.6 Å². The Morgan fingerprint density at radius 1 is 0.684 bits per heavy atom. The molecule has 0 atom stereocenters. The first-order valence-electron chi connectivity index (χ1n) is 14.7. The van der Waals surface area contributed by atoms with Gasteiger partial charge in [-0.15, -0.1) is 10.2 Å². The standard InChI is InChI=1S/C27H23ClN8O16S5/c28-25-32-26(30-14-1-4-16(5-2-14)53(38,39)8-7-52-57(49,50)51)34-27(33-25)31-15-3-6-20(55(43,44)45)18(11-15)35-36-24-21(56(46,47)48)10-13-9-17(54(40,41)42)12-19(37)22(13)23(24)29/h1-6,9-12,37H,7-8,29H2,(H,40,41,42)(H,43,44,45)(H,46,47,48)(H,49,50,51)(H2,30,31,32,33,34). The molecule has 9 N–H and O–H groups in total. The fourth-order valence-electron chi connectivity index (χ4n) is 4.77. The zero-order valence-electron chi connectivity index (χ0n) is 27.6. The van der Waals surface area contributed by atoms with Crippen LogP contribution in [0.4, 0.5) is 40.3 Å². The van der Waals surface area contributed by atoms with Gasteiger partial charge in [-0.3, -0.25) is 18.2 Å². The van der Waals surface area contributed by atoms with Crippen molar-refractivity contribution in [3.63, 3.8) is 0 Å². The van der Waals surface area contributed by atoms with Gasteiger partial charge >= 0.3 is 10.4 Å². The predicted octanol–water partition coefficient (Wildman–Crippen LogP) is 3.20. The molecular formula is C27H23ClN8O16S5. The quantitative estimate of drug-likeness (QED) is 0.0450. The molecule has 0 aliphatic rings. The van der Waals surface area contributed by atoms with Gasteiger partial charge in [0.1, 0.15) is 26.9 Å². The number of nitrogens with one attached hydrogen (secondary N) is 2. The number of rotatable bonds is 14. The number of anilines is 5. The normalized spacial score (nSPS) is 12.9. The summed E-state index contributed by atoms with van der Waals surface area (Å²) in [5, 5.41) is 22.1. The van der Waals surface area contributed by atoms with Gasteiger partial charge in [-0.2, -0.15) is 48.6 Å². The molecule has 0 aliphatic heterocycles. The molecule has 57 heavy (non-hydrogen) atoms. The molecule has 0 aliphatic carbocycles. The smallest absolute Gasteiger partial charge is 0.397 e. The lowest BCUT2D eigenvalue weighted by molar-refractivity contribution is 0.284. The molecule has 1 heterocycles. The predicted molar refractivity (Wildman–Crippen MR) is 197 cm³/mol. The zero-order chi connectivity index (χ0) is 42.3. The largest absolute Gasteiger partial charge is 0.507 e.